The SMILES string of the molecule is c1cc(-c2cccc(-n3c4ccccc4c4ccc(-c5nc6ccccc6o5)cc43)c2)cc(-c2ncco2)c1. The van der Waals surface area contributed by atoms with Crippen molar-refractivity contribution in [3.05, 3.63) is 128 Å². The molecule has 5 heteroatoms. The van der Waals surface area contributed by atoms with Gasteiger partial charge in [0.1, 0.15) is 11.8 Å². The largest absolute Gasteiger partial charge is 0.445 e. The molecule has 8 rings (SSSR count). The maximum absolute atomic E-state index is 6.11. The quantitative estimate of drug-likeness (QED) is 0.241. The molecular formula is C34H21N3O2. The van der Waals surface area contributed by atoms with Gasteiger partial charge in [0, 0.05) is 27.6 Å². The average Bonchev–Trinajstić information content (AvgIpc) is 3.75. The first-order valence-electron chi connectivity index (χ1n) is 12.8. The monoisotopic (exact) mass is 503 g/mol. The Morgan fingerprint density at radius 1 is 0.564 bits per heavy atom. The minimum Gasteiger partial charge on any atom is -0.445 e. The van der Waals surface area contributed by atoms with Crippen LogP contribution < -0.4 is 0 Å². The Kier molecular flexibility index (Phi) is 4.76. The van der Waals surface area contributed by atoms with E-state index < -0.39 is 0 Å². The third-order valence-corrected chi connectivity index (χ3v) is 7.19. The van der Waals surface area contributed by atoms with E-state index in [1.165, 1.54) is 10.8 Å². The molecule has 0 amide bonds. The third-order valence-electron chi connectivity index (χ3n) is 7.19. The predicted molar refractivity (Wildman–Crippen MR) is 155 cm³/mol. The highest BCUT2D eigenvalue weighted by Gasteiger charge is 2.16. The summed E-state index contributed by atoms with van der Waals surface area (Å²) in [4.78, 5) is 9.05. The van der Waals surface area contributed by atoms with Crippen LogP contribution in [0.15, 0.2) is 137 Å². The molecule has 0 atom stereocenters. The van der Waals surface area contributed by atoms with Crippen LogP contribution in [0.3, 0.4) is 0 Å². The van der Waals surface area contributed by atoms with E-state index in [2.05, 4.69) is 88.4 Å². The zero-order valence-corrected chi connectivity index (χ0v) is 20.8. The van der Waals surface area contributed by atoms with Crippen molar-refractivity contribution in [3.63, 3.8) is 0 Å². The summed E-state index contributed by atoms with van der Waals surface area (Å²) >= 11 is 0. The fourth-order valence-electron chi connectivity index (χ4n) is 5.40. The van der Waals surface area contributed by atoms with E-state index in [1.54, 1.807) is 12.5 Å². The summed E-state index contributed by atoms with van der Waals surface area (Å²) in [5, 5.41) is 2.38. The van der Waals surface area contributed by atoms with E-state index in [0.717, 1.165) is 50.1 Å². The Morgan fingerprint density at radius 2 is 1.33 bits per heavy atom. The predicted octanol–water partition coefficient (Wildman–Crippen LogP) is 8.91. The Morgan fingerprint density at radius 3 is 2.23 bits per heavy atom. The Balaban J connectivity index is 1.31. The van der Waals surface area contributed by atoms with E-state index >= 15 is 0 Å². The third kappa shape index (κ3) is 3.55. The van der Waals surface area contributed by atoms with Gasteiger partial charge in [-0.1, -0.05) is 60.7 Å². The van der Waals surface area contributed by atoms with Crippen molar-refractivity contribution in [1.82, 2.24) is 14.5 Å². The van der Waals surface area contributed by atoms with Crippen molar-refractivity contribution in [2.45, 2.75) is 0 Å². The number of aromatic nitrogens is 3. The van der Waals surface area contributed by atoms with Crippen molar-refractivity contribution in [3.8, 4) is 39.7 Å². The molecule has 8 aromatic rings. The van der Waals surface area contributed by atoms with Gasteiger partial charge in [0.2, 0.25) is 11.8 Å². The van der Waals surface area contributed by atoms with Crippen molar-refractivity contribution >= 4 is 32.9 Å². The zero-order valence-electron chi connectivity index (χ0n) is 20.8. The second-order valence-electron chi connectivity index (χ2n) is 9.54. The van der Waals surface area contributed by atoms with Crippen LogP contribution in [-0.2, 0) is 0 Å². The first-order chi connectivity index (χ1) is 19.3. The van der Waals surface area contributed by atoms with Crippen LogP contribution in [-0.4, -0.2) is 14.5 Å². The topological polar surface area (TPSA) is 57.0 Å². The zero-order chi connectivity index (χ0) is 25.8. The Bertz CT molecular complexity index is 2100. The maximum Gasteiger partial charge on any atom is 0.227 e. The van der Waals surface area contributed by atoms with Crippen molar-refractivity contribution in [2.24, 2.45) is 0 Å². The number of benzene rings is 5. The number of hydrogen-bond acceptors (Lipinski definition) is 4. The molecule has 0 N–H and O–H groups in total. The van der Waals surface area contributed by atoms with Gasteiger partial charge in [-0.25, -0.2) is 9.97 Å². The summed E-state index contributed by atoms with van der Waals surface area (Å²) in [7, 11) is 0. The second kappa shape index (κ2) is 8.57. The molecule has 5 aromatic carbocycles. The molecule has 0 radical (unpaired) electrons. The Labute approximate surface area is 223 Å². The van der Waals surface area contributed by atoms with E-state index in [-0.39, 0.29) is 0 Å². The fraction of sp³-hybridized carbons (Fsp3) is 0. The Hall–Kier alpha value is -5.42. The molecule has 0 spiro atoms. The van der Waals surface area contributed by atoms with Crippen LogP contribution in [0.1, 0.15) is 0 Å². The first kappa shape index (κ1) is 21.6. The smallest absolute Gasteiger partial charge is 0.227 e. The molecule has 3 aromatic heterocycles. The average molecular weight is 504 g/mol. The number of para-hydroxylation sites is 3. The van der Waals surface area contributed by atoms with Gasteiger partial charge in [0.05, 0.1) is 17.2 Å². The molecule has 5 nitrogen and oxygen atoms in total. The van der Waals surface area contributed by atoms with E-state index in [1.807, 2.05) is 36.4 Å². The van der Waals surface area contributed by atoms with Gasteiger partial charge in [-0.15, -0.1) is 0 Å². The molecule has 184 valence electrons. The molecule has 3 heterocycles. The summed E-state index contributed by atoms with van der Waals surface area (Å²) in [6.07, 6.45) is 3.26. The van der Waals surface area contributed by atoms with Gasteiger partial charge in [-0.05, 0) is 65.7 Å². The molecule has 0 saturated heterocycles. The first-order valence-corrected chi connectivity index (χ1v) is 12.8. The molecule has 39 heavy (non-hydrogen) atoms. The fourth-order valence-corrected chi connectivity index (χ4v) is 5.40. The minimum absolute atomic E-state index is 0.613. The summed E-state index contributed by atoms with van der Waals surface area (Å²) in [6.45, 7) is 0. The number of nitrogens with zero attached hydrogens (tertiary/aromatic N) is 3. The number of fused-ring (bicyclic) bond motifs is 4. The molecule has 0 aliphatic heterocycles. The van der Waals surface area contributed by atoms with Gasteiger partial charge in [-0.3, -0.25) is 0 Å². The van der Waals surface area contributed by atoms with Crippen LogP contribution in [0, 0.1) is 0 Å². The number of oxazole rings is 2. The van der Waals surface area contributed by atoms with Gasteiger partial charge >= 0.3 is 0 Å². The molecule has 0 aliphatic carbocycles. The molecule has 0 aliphatic rings. The molecule has 0 fully saturated rings. The molecule has 0 unspecified atom stereocenters. The van der Waals surface area contributed by atoms with Crippen LogP contribution in [0.2, 0.25) is 0 Å². The van der Waals surface area contributed by atoms with Crippen LogP contribution in [0.4, 0.5) is 0 Å². The minimum atomic E-state index is 0.613. The van der Waals surface area contributed by atoms with Gasteiger partial charge in [0.15, 0.2) is 5.58 Å². The summed E-state index contributed by atoms with van der Waals surface area (Å²) < 4.78 is 14.0. The number of rotatable bonds is 4. The van der Waals surface area contributed by atoms with Crippen molar-refractivity contribution in [2.75, 3.05) is 0 Å². The van der Waals surface area contributed by atoms with E-state index in [0.29, 0.717) is 11.8 Å². The molecule has 0 bridgehead atoms. The number of hydrogen-bond donors (Lipinski definition) is 0. The van der Waals surface area contributed by atoms with Gasteiger partial charge in [0.25, 0.3) is 0 Å². The lowest BCUT2D eigenvalue weighted by Gasteiger charge is -2.11. The van der Waals surface area contributed by atoms with Crippen LogP contribution in [0.5, 0.6) is 0 Å². The van der Waals surface area contributed by atoms with Crippen molar-refractivity contribution < 1.29 is 8.83 Å². The van der Waals surface area contributed by atoms with E-state index in [4.69, 9.17) is 13.8 Å². The van der Waals surface area contributed by atoms with Crippen molar-refractivity contribution in [1.29, 1.82) is 0 Å². The highest BCUT2D eigenvalue weighted by Crippen LogP contribution is 2.36. The van der Waals surface area contributed by atoms with E-state index in [9.17, 15) is 0 Å². The second-order valence-corrected chi connectivity index (χ2v) is 9.54. The lowest BCUT2D eigenvalue weighted by atomic mass is 10.0. The van der Waals surface area contributed by atoms with Gasteiger partial charge < -0.3 is 13.4 Å². The highest BCUT2D eigenvalue weighted by atomic mass is 16.3. The van der Waals surface area contributed by atoms with Crippen LogP contribution in [0.25, 0.3) is 72.6 Å². The normalized spacial score (nSPS) is 11.6. The van der Waals surface area contributed by atoms with Gasteiger partial charge in [-0.2, -0.15) is 0 Å². The lowest BCUT2D eigenvalue weighted by molar-refractivity contribution is 0.574. The molecular weight excluding hydrogens is 482 g/mol. The summed E-state index contributed by atoms with van der Waals surface area (Å²) in [5.74, 6) is 1.23. The maximum atomic E-state index is 6.11. The standard InChI is InChI=1S/C34H21N3O2/c1-3-13-30-27(11-1)28-16-15-25(34-36-29-12-2-4-14-32(29)39-34)21-31(28)37(30)26-10-6-8-23(20-26)22-7-5-9-24(19-22)33-35-17-18-38-33/h1-21H. The molecule has 0 saturated carbocycles. The summed E-state index contributed by atoms with van der Waals surface area (Å²) in [5.41, 5.74) is 9.06. The lowest BCUT2D eigenvalue weighted by Crippen LogP contribution is -1.94. The van der Waals surface area contributed by atoms with Crippen LogP contribution >= 0.6 is 0 Å². The highest BCUT2D eigenvalue weighted by molar-refractivity contribution is 6.10. The summed E-state index contributed by atoms with van der Waals surface area (Å²) in [6, 6.07) is 39.7.